The summed E-state index contributed by atoms with van der Waals surface area (Å²) in [6.07, 6.45) is 0. The Balaban J connectivity index is 2.05. The SMILES string of the molecule is Cc1nnc2sc(-c3cccc4ccccc34)nn2c1=O. The second-order valence-corrected chi connectivity index (χ2v) is 5.67. The van der Waals surface area contributed by atoms with Gasteiger partial charge in [0.15, 0.2) is 0 Å². The molecule has 0 aliphatic heterocycles. The van der Waals surface area contributed by atoms with Crippen LogP contribution in [0, 0.1) is 6.92 Å². The lowest BCUT2D eigenvalue weighted by molar-refractivity contribution is 0.829. The summed E-state index contributed by atoms with van der Waals surface area (Å²) in [5, 5.41) is 15.3. The number of hydrogen-bond donors (Lipinski definition) is 0. The molecule has 4 aromatic rings. The second-order valence-electron chi connectivity index (χ2n) is 4.72. The molecule has 0 N–H and O–H groups in total. The Labute approximate surface area is 123 Å². The van der Waals surface area contributed by atoms with Crippen LogP contribution >= 0.6 is 11.3 Å². The van der Waals surface area contributed by atoms with Crippen molar-refractivity contribution in [3.05, 3.63) is 58.5 Å². The highest BCUT2D eigenvalue weighted by atomic mass is 32.1. The van der Waals surface area contributed by atoms with E-state index in [-0.39, 0.29) is 5.56 Å². The molecule has 2 heterocycles. The molecule has 4 rings (SSSR count). The van der Waals surface area contributed by atoms with Crippen molar-refractivity contribution in [2.75, 3.05) is 0 Å². The zero-order valence-electron chi connectivity index (χ0n) is 11.1. The minimum Gasteiger partial charge on any atom is -0.265 e. The molecule has 0 atom stereocenters. The zero-order valence-corrected chi connectivity index (χ0v) is 12.0. The molecule has 6 heteroatoms. The summed E-state index contributed by atoms with van der Waals surface area (Å²) in [4.78, 5) is 12.5. The van der Waals surface area contributed by atoms with Crippen LogP contribution in [0.1, 0.15) is 5.69 Å². The Morgan fingerprint density at radius 3 is 2.76 bits per heavy atom. The standard InChI is InChI=1S/C15H10N4OS/c1-9-14(20)19-15(17-16-9)21-13(18-19)12-8-4-6-10-5-2-3-7-11(10)12/h2-8H,1H3. The first kappa shape index (κ1) is 12.2. The number of hydrogen-bond acceptors (Lipinski definition) is 5. The molecule has 102 valence electrons. The van der Waals surface area contributed by atoms with Crippen molar-refractivity contribution >= 4 is 27.1 Å². The predicted molar refractivity (Wildman–Crippen MR) is 82.6 cm³/mol. The highest BCUT2D eigenvalue weighted by Crippen LogP contribution is 2.30. The maximum atomic E-state index is 12.0. The Morgan fingerprint density at radius 2 is 1.86 bits per heavy atom. The third kappa shape index (κ3) is 1.84. The molecule has 0 spiro atoms. The van der Waals surface area contributed by atoms with Gasteiger partial charge in [0.25, 0.3) is 5.56 Å². The maximum Gasteiger partial charge on any atom is 0.296 e. The molecule has 0 fully saturated rings. The van der Waals surface area contributed by atoms with Gasteiger partial charge in [0, 0.05) is 5.56 Å². The van der Waals surface area contributed by atoms with Gasteiger partial charge in [-0.1, -0.05) is 53.8 Å². The summed E-state index contributed by atoms with van der Waals surface area (Å²) >= 11 is 1.37. The summed E-state index contributed by atoms with van der Waals surface area (Å²) < 4.78 is 1.32. The van der Waals surface area contributed by atoms with Crippen LogP contribution in [-0.4, -0.2) is 19.8 Å². The van der Waals surface area contributed by atoms with E-state index in [2.05, 4.69) is 33.5 Å². The number of fused-ring (bicyclic) bond motifs is 2. The topological polar surface area (TPSA) is 60.1 Å². The van der Waals surface area contributed by atoms with Crippen molar-refractivity contribution in [1.29, 1.82) is 0 Å². The Kier molecular flexibility index (Phi) is 2.58. The smallest absolute Gasteiger partial charge is 0.265 e. The van der Waals surface area contributed by atoms with Gasteiger partial charge in [-0.25, -0.2) is 0 Å². The molecular weight excluding hydrogens is 284 g/mol. The van der Waals surface area contributed by atoms with E-state index in [1.165, 1.54) is 15.9 Å². The highest BCUT2D eigenvalue weighted by Gasteiger charge is 2.12. The molecule has 5 nitrogen and oxygen atoms in total. The first-order valence-corrected chi connectivity index (χ1v) is 7.27. The Bertz CT molecular complexity index is 1030. The van der Waals surface area contributed by atoms with Gasteiger partial charge in [-0.15, -0.1) is 10.2 Å². The largest absolute Gasteiger partial charge is 0.296 e. The molecule has 0 bridgehead atoms. The highest BCUT2D eigenvalue weighted by molar-refractivity contribution is 7.19. The third-order valence-corrected chi connectivity index (χ3v) is 4.30. The normalized spacial score (nSPS) is 11.3. The van der Waals surface area contributed by atoms with Crippen LogP contribution in [0.2, 0.25) is 0 Å². The average Bonchev–Trinajstić information content (AvgIpc) is 2.95. The average molecular weight is 294 g/mol. The summed E-state index contributed by atoms with van der Waals surface area (Å²) in [7, 11) is 0. The number of aromatic nitrogens is 4. The van der Waals surface area contributed by atoms with E-state index in [0.29, 0.717) is 10.7 Å². The first-order chi connectivity index (χ1) is 10.2. The Morgan fingerprint density at radius 1 is 1.05 bits per heavy atom. The number of rotatable bonds is 1. The summed E-state index contributed by atoms with van der Waals surface area (Å²) in [5.41, 5.74) is 1.13. The van der Waals surface area contributed by atoms with Crippen LogP contribution in [0.15, 0.2) is 47.3 Å². The van der Waals surface area contributed by atoms with Crippen LogP contribution in [0.5, 0.6) is 0 Å². The molecule has 0 radical (unpaired) electrons. The van der Waals surface area contributed by atoms with Crippen molar-refractivity contribution in [2.45, 2.75) is 6.92 Å². The maximum absolute atomic E-state index is 12.0. The van der Waals surface area contributed by atoms with Gasteiger partial charge in [0.1, 0.15) is 10.7 Å². The first-order valence-electron chi connectivity index (χ1n) is 6.45. The quantitative estimate of drug-likeness (QED) is 0.541. The molecule has 0 unspecified atom stereocenters. The summed E-state index contributed by atoms with van der Waals surface area (Å²) in [6, 6.07) is 14.2. The van der Waals surface area contributed by atoms with Crippen LogP contribution in [0.25, 0.3) is 26.3 Å². The van der Waals surface area contributed by atoms with Gasteiger partial charge in [0.05, 0.1) is 0 Å². The number of benzene rings is 2. The Hall–Kier alpha value is -2.60. The molecule has 2 aromatic carbocycles. The van der Waals surface area contributed by atoms with Crippen molar-refractivity contribution in [2.24, 2.45) is 0 Å². The minimum atomic E-state index is -0.220. The van der Waals surface area contributed by atoms with E-state index in [1.54, 1.807) is 6.92 Å². The minimum absolute atomic E-state index is 0.220. The fourth-order valence-corrected chi connectivity index (χ4v) is 3.19. The van der Waals surface area contributed by atoms with Gasteiger partial charge >= 0.3 is 0 Å². The lowest BCUT2D eigenvalue weighted by Gasteiger charge is -2.02. The van der Waals surface area contributed by atoms with E-state index < -0.39 is 0 Å². The lowest BCUT2D eigenvalue weighted by Crippen LogP contribution is -2.19. The molecule has 21 heavy (non-hydrogen) atoms. The van der Waals surface area contributed by atoms with Gasteiger partial charge in [-0.3, -0.25) is 4.79 Å². The molecule has 2 aromatic heterocycles. The van der Waals surface area contributed by atoms with E-state index in [9.17, 15) is 4.79 Å². The van der Waals surface area contributed by atoms with Crippen molar-refractivity contribution in [3.8, 4) is 10.6 Å². The third-order valence-electron chi connectivity index (χ3n) is 3.37. The van der Waals surface area contributed by atoms with Gasteiger partial charge in [-0.05, 0) is 17.7 Å². The molecule has 0 saturated carbocycles. The number of aryl methyl sites for hydroxylation is 1. The van der Waals surface area contributed by atoms with E-state index >= 15 is 0 Å². The predicted octanol–water partition coefficient (Wildman–Crippen LogP) is 2.67. The van der Waals surface area contributed by atoms with Crippen LogP contribution in [0.3, 0.4) is 0 Å². The van der Waals surface area contributed by atoms with Gasteiger partial charge < -0.3 is 0 Å². The van der Waals surface area contributed by atoms with Crippen LogP contribution < -0.4 is 5.56 Å². The number of nitrogens with zero attached hydrogens (tertiary/aromatic N) is 4. The van der Waals surface area contributed by atoms with E-state index in [4.69, 9.17) is 0 Å². The molecular formula is C15H10N4OS. The summed E-state index contributed by atoms with van der Waals surface area (Å²) in [6.45, 7) is 1.64. The van der Waals surface area contributed by atoms with Crippen molar-refractivity contribution in [3.63, 3.8) is 0 Å². The molecule has 0 aliphatic rings. The fraction of sp³-hybridized carbons (Fsp3) is 0.0667. The summed E-state index contributed by atoms with van der Waals surface area (Å²) in [5.74, 6) is 0. The van der Waals surface area contributed by atoms with E-state index in [0.717, 1.165) is 21.3 Å². The van der Waals surface area contributed by atoms with Crippen molar-refractivity contribution < 1.29 is 0 Å². The molecule has 0 saturated heterocycles. The van der Waals surface area contributed by atoms with Crippen LogP contribution in [0.4, 0.5) is 0 Å². The zero-order chi connectivity index (χ0) is 14.4. The fourth-order valence-electron chi connectivity index (χ4n) is 2.31. The van der Waals surface area contributed by atoms with E-state index in [1.807, 2.05) is 24.3 Å². The van der Waals surface area contributed by atoms with Crippen molar-refractivity contribution in [1.82, 2.24) is 19.8 Å². The second kappa shape index (κ2) is 4.46. The van der Waals surface area contributed by atoms with Gasteiger partial charge in [0.2, 0.25) is 4.96 Å². The van der Waals surface area contributed by atoms with Crippen LogP contribution in [-0.2, 0) is 0 Å². The lowest BCUT2D eigenvalue weighted by atomic mass is 10.1. The molecule has 0 aliphatic carbocycles. The molecule has 0 amide bonds. The van der Waals surface area contributed by atoms with Gasteiger partial charge in [-0.2, -0.15) is 9.61 Å². The monoisotopic (exact) mass is 294 g/mol.